The van der Waals surface area contributed by atoms with E-state index in [0.29, 0.717) is 12.8 Å². The van der Waals surface area contributed by atoms with Gasteiger partial charge in [0.05, 0.1) is 5.56 Å². The van der Waals surface area contributed by atoms with E-state index in [1.54, 1.807) is 0 Å². The Balaban J connectivity index is 1.91. The lowest BCUT2D eigenvalue weighted by Crippen LogP contribution is -2.43. The van der Waals surface area contributed by atoms with Gasteiger partial charge in [-0.3, -0.25) is 19.2 Å². The fourth-order valence-electron chi connectivity index (χ4n) is 4.44. The SMILES string of the molecule is [2H]C([2H])([2H])C(=O)Oc1ccccc1C(=O)Oc1ccccc1C(=O)NC(CCC(=O)O)C(=O)OC(=O)CCC/C=C\C/C=C\C/C=C\C/C=C\C/C=C\CC. The van der Waals surface area contributed by atoms with Crippen molar-refractivity contribution in [3.63, 3.8) is 0 Å². The zero-order valence-corrected chi connectivity index (χ0v) is 29.2. The van der Waals surface area contributed by atoms with Crippen LogP contribution < -0.4 is 14.8 Å². The monoisotopic (exact) mass is 716 g/mol. The van der Waals surface area contributed by atoms with Crippen LogP contribution in [0.5, 0.6) is 11.5 Å². The molecule has 1 amide bonds. The van der Waals surface area contributed by atoms with E-state index in [1.165, 1.54) is 48.5 Å². The lowest BCUT2D eigenvalue weighted by atomic mass is 10.1. The average Bonchev–Trinajstić information content (AvgIpc) is 3.14. The Hall–Kier alpha value is -5.84. The molecule has 0 aliphatic rings. The highest BCUT2D eigenvalue weighted by Crippen LogP contribution is 2.24. The Kier molecular flexibility index (Phi) is 18.1. The number of nitrogens with one attached hydrogen (secondary N) is 1. The zero-order valence-electron chi connectivity index (χ0n) is 32.2. The summed E-state index contributed by atoms with van der Waals surface area (Å²) in [5.41, 5.74) is -0.567. The summed E-state index contributed by atoms with van der Waals surface area (Å²) in [6, 6.07) is 9.06. The number of allylic oxidation sites excluding steroid dienone is 10. The Morgan fingerprint density at radius 1 is 0.731 bits per heavy atom. The number of carbonyl (C=O) groups is 6. The average molecular weight is 717 g/mol. The number of aliphatic carboxylic acids is 1. The maximum atomic E-state index is 13.3. The van der Waals surface area contributed by atoms with Crippen LogP contribution in [-0.4, -0.2) is 46.9 Å². The summed E-state index contributed by atoms with van der Waals surface area (Å²) >= 11 is 0. The van der Waals surface area contributed by atoms with Gasteiger partial charge in [0.2, 0.25) is 0 Å². The molecule has 1 unspecified atom stereocenters. The van der Waals surface area contributed by atoms with Gasteiger partial charge in [-0.1, -0.05) is 91.9 Å². The molecule has 0 bridgehead atoms. The summed E-state index contributed by atoms with van der Waals surface area (Å²) < 4.78 is 36.8. The minimum absolute atomic E-state index is 0.0957. The number of unbranched alkanes of at least 4 members (excludes halogenated alkanes) is 1. The maximum Gasteiger partial charge on any atom is 0.347 e. The van der Waals surface area contributed by atoms with Crippen LogP contribution in [-0.2, 0) is 23.9 Å². The first-order valence-corrected chi connectivity index (χ1v) is 17.0. The number of benzene rings is 2. The van der Waals surface area contributed by atoms with Crippen molar-refractivity contribution in [3.8, 4) is 11.5 Å². The van der Waals surface area contributed by atoms with Crippen LogP contribution in [0, 0.1) is 0 Å². The lowest BCUT2D eigenvalue weighted by molar-refractivity contribution is -0.161. The highest BCUT2D eigenvalue weighted by molar-refractivity contribution is 6.02. The van der Waals surface area contributed by atoms with Crippen molar-refractivity contribution in [1.29, 1.82) is 0 Å². The molecule has 2 N–H and O–H groups in total. The molecule has 0 fully saturated rings. The molecule has 2 aromatic carbocycles. The van der Waals surface area contributed by atoms with E-state index in [-0.39, 0.29) is 23.3 Å². The van der Waals surface area contributed by atoms with E-state index in [1.807, 2.05) is 18.2 Å². The van der Waals surface area contributed by atoms with E-state index in [2.05, 4.69) is 54.8 Å². The first-order valence-electron chi connectivity index (χ1n) is 18.5. The van der Waals surface area contributed by atoms with Gasteiger partial charge in [0, 0.05) is 23.8 Å². The first-order chi connectivity index (χ1) is 26.3. The third-order valence-corrected chi connectivity index (χ3v) is 7.00. The number of rotatable bonds is 22. The normalized spacial score (nSPS) is 13.2. The second-order valence-corrected chi connectivity index (χ2v) is 11.1. The third-order valence-electron chi connectivity index (χ3n) is 7.00. The van der Waals surface area contributed by atoms with Crippen molar-refractivity contribution in [2.45, 2.75) is 84.0 Å². The summed E-state index contributed by atoms with van der Waals surface area (Å²) in [7, 11) is 0. The Labute approximate surface area is 308 Å². The van der Waals surface area contributed by atoms with Gasteiger partial charge in [-0.05, 0) is 75.6 Å². The predicted octanol–water partition coefficient (Wildman–Crippen LogP) is 7.79. The molecule has 0 aliphatic carbocycles. The van der Waals surface area contributed by atoms with Crippen molar-refractivity contribution in [2.24, 2.45) is 0 Å². The van der Waals surface area contributed by atoms with Crippen LogP contribution in [0.25, 0.3) is 0 Å². The lowest BCUT2D eigenvalue weighted by Gasteiger charge is -2.17. The molecule has 52 heavy (non-hydrogen) atoms. The van der Waals surface area contributed by atoms with Gasteiger partial charge in [-0.15, -0.1) is 0 Å². The van der Waals surface area contributed by atoms with Gasteiger partial charge >= 0.3 is 29.8 Å². The van der Waals surface area contributed by atoms with Crippen LogP contribution in [0.3, 0.4) is 0 Å². The number of carbonyl (C=O) groups excluding carboxylic acids is 5. The van der Waals surface area contributed by atoms with Crippen LogP contribution in [0.4, 0.5) is 0 Å². The van der Waals surface area contributed by atoms with Gasteiger partial charge in [-0.25, -0.2) is 9.59 Å². The predicted molar refractivity (Wildman–Crippen MR) is 197 cm³/mol. The molecular formula is C41H47NO10. The van der Waals surface area contributed by atoms with Crippen molar-refractivity contribution >= 4 is 35.8 Å². The number of hydrogen-bond donors (Lipinski definition) is 2. The molecule has 0 heterocycles. The number of esters is 4. The van der Waals surface area contributed by atoms with E-state index >= 15 is 0 Å². The Morgan fingerprint density at radius 2 is 1.27 bits per heavy atom. The largest absolute Gasteiger partial charge is 0.481 e. The van der Waals surface area contributed by atoms with Gasteiger partial charge in [0.15, 0.2) is 0 Å². The Morgan fingerprint density at radius 3 is 1.85 bits per heavy atom. The zero-order chi connectivity index (χ0) is 40.5. The minimum atomic E-state index is -3.10. The van der Waals surface area contributed by atoms with Gasteiger partial charge in [0.25, 0.3) is 5.91 Å². The van der Waals surface area contributed by atoms with E-state index in [0.717, 1.165) is 32.1 Å². The summed E-state index contributed by atoms with van der Waals surface area (Å²) in [6.07, 6.45) is 25.1. The van der Waals surface area contributed by atoms with E-state index in [9.17, 15) is 33.9 Å². The molecule has 0 saturated heterocycles. The Bertz CT molecular complexity index is 1760. The fourth-order valence-corrected chi connectivity index (χ4v) is 4.44. The van der Waals surface area contributed by atoms with Gasteiger partial charge in [0.1, 0.15) is 23.1 Å². The number of ether oxygens (including phenoxy) is 3. The molecule has 1 atom stereocenters. The number of amides is 1. The second kappa shape index (κ2) is 25.2. The standard InChI is InChI=1S/C41H47NO10/c1-3-4-5-6-7-8-9-10-11-12-13-14-15-16-17-18-19-28-38(46)52-41(49)34(29-30-37(44)45)42-39(47)32-24-20-22-26-35(32)51-40(48)33-25-21-23-27-36(33)50-31(2)43/h4-5,7-8,10-11,13-14,16-17,20-27,34H,3,6,9,12,15,18-19,28-30H2,1-2H3,(H,42,47)(H,44,45)/b5-4-,8-7-,11-10-,14-13-,17-16-/i2D3. The second-order valence-electron chi connectivity index (χ2n) is 11.1. The topological polar surface area (TPSA) is 162 Å². The van der Waals surface area contributed by atoms with Crippen LogP contribution in [0.1, 0.15) is 103 Å². The molecule has 11 nitrogen and oxygen atoms in total. The van der Waals surface area contributed by atoms with E-state index < -0.39 is 67.2 Å². The van der Waals surface area contributed by atoms with E-state index in [4.69, 9.17) is 18.3 Å². The van der Waals surface area contributed by atoms with Crippen molar-refractivity contribution < 1.29 is 52.2 Å². The number of carboxylic acid groups (broad SMARTS) is 1. The number of carboxylic acids is 1. The van der Waals surface area contributed by atoms with Crippen molar-refractivity contribution in [3.05, 3.63) is 120 Å². The molecule has 0 saturated carbocycles. The van der Waals surface area contributed by atoms with Crippen molar-refractivity contribution in [1.82, 2.24) is 5.32 Å². The van der Waals surface area contributed by atoms with Crippen LogP contribution in [0.2, 0.25) is 0 Å². The summed E-state index contributed by atoms with van der Waals surface area (Å²) in [4.78, 5) is 74.9. The third kappa shape index (κ3) is 17.7. The molecule has 276 valence electrons. The summed E-state index contributed by atoms with van der Waals surface area (Å²) in [5.74, 6) is -7.59. The molecular weight excluding hydrogens is 666 g/mol. The maximum absolute atomic E-state index is 13.3. The summed E-state index contributed by atoms with van der Waals surface area (Å²) in [6.45, 7) is -0.988. The first kappa shape index (κ1) is 37.4. The van der Waals surface area contributed by atoms with Crippen LogP contribution in [0.15, 0.2) is 109 Å². The van der Waals surface area contributed by atoms with Gasteiger partial charge < -0.3 is 24.6 Å². The van der Waals surface area contributed by atoms with Crippen LogP contribution >= 0.6 is 0 Å². The molecule has 2 rings (SSSR count). The molecule has 0 aromatic heterocycles. The highest BCUT2D eigenvalue weighted by atomic mass is 16.6. The quantitative estimate of drug-likeness (QED) is 0.0404. The molecule has 2 aromatic rings. The van der Waals surface area contributed by atoms with Gasteiger partial charge in [-0.2, -0.15) is 0 Å². The smallest absolute Gasteiger partial charge is 0.347 e. The highest BCUT2D eigenvalue weighted by Gasteiger charge is 2.27. The molecule has 0 radical (unpaired) electrons. The molecule has 0 spiro atoms. The number of para-hydroxylation sites is 2. The summed E-state index contributed by atoms with van der Waals surface area (Å²) in [5, 5.41) is 11.5. The fraction of sp³-hybridized carbons (Fsp3) is 0.317. The molecule has 0 aliphatic heterocycles. The minimum Gasteiger partial charge on any atom is -0.481 e. The number of hydrogen-bond acceptors (Lipinski definition) is 9. The molecule has 11 heteroatoms. The van der Waals surface area contributed by atoms with Crippen molar-refractivity contribution in [2.75, 3.05) is 0 Å².